The van der Waals surface area contributed by atoms with E-state index in [-0.39, 0.29) is 0 Å². The maximum absolute atomic E-state index is 12.1. The minimum absolute atomic E-state index is 0.503. The van der Waals surface area contributed by atoms with Crippen LogP contribution in [0.3, 0.4) is 0 Å². The highest BCUT2D eigenvalue weighted by Crippen LogP contribution is 2.27. The van der Waals surface area contributed by atoms with Gasteiger partial charge in [0.2, 0.25) is 6.10 Å². The maximum atomic E-state index is 12.1. The normalized spacial score (nSPS) is 26.2. The number of carbonyl (C=O) groups excluding carboxylic acids is 4. The Labute approximate surface area is 144 Å². The summed E-state index contributed by atoms with van der Waals surface area (Å²) in [7, 11) is 0. The lowest BCUT2D eigenvalue weighted by atomic mass is 9.87. The summed E-state index contributed by atoms with van der Waals surface area (Å²) in [6.45, 7) is 5.74. The minimum atomic E-state index is -1.73. The first-order valence-corrected chi connectivity index (χ1v) is 7.53. The third kappa shape index (κ3) is 5.59. The van der Waals surface area contributed by atoms with E-state index in [4.69, 9.17) is 18.9 Å². The molecule has 2 N–H and O–H groups in total. The zero-order valence-electron chi connectivity index (χ0n) is 14.8. The van der Waals surface area contributed by atoms with Gasteiger partial charge in [-0.2, -0.15) is 0 Å². The number of cyclic esters (lactones) is 1. The van der Waals surface area contributed by atoms with Crippen molar-refractivity contribution in [2.75, 3.05) is 13.2 Å². The fourth-order valence-corrected chi connectivity index (χ4v) is 2.21. The first kappa shape index (κ1) is 20.7. The van der Waals surface area contributed by atoms with Crippen LogP contribution < -0.4 is 5.32 Å². The van der Waals surface area contributed by atoms with Gasteiger partial charge < -0.3 is 29.4 Å². The Kier molecular flexibility index (Phi) is 6.36. The number of alkyl carbamates (subject to hydrolysis) is 1. The second-order valence-electron chi connectivity index (χ2n) is 6.61. The monoisotopic (exact) mass is 361 g/mol. The average Bonchev–Trinajstić information content (AvgIpc) is 2.43. The molecule has 1 amide bonds. The second-order valence-corrected chi connectivity index (χ2v) is 6.61. The number of ether oxygens (including phenoxy) is 4. The molecule has 1 aliphatic rings. The van der Waals surface area contributed by atoms with Gasteiger partial charge in [-0.3, -0.25) is 9.59 Å². The van der Waals surface area contributed by atoms with Gasteiger partial charge in [0.1, 0.15) is 17.7 Å². The van der Waals surface area contributed by atoms with Crippen molar-refractivity contribution in [3.8, 4) is 0 Å². The van der Waals surface area contributed by atoms with Crippen molar-refractivity contribution in [2.45, 2.75) is 58.0 Å². The molecule has 0 aromatic rings. The largest absolute Gasteiger partial charge is 0.460 e. The lowest BCUT2D eigenvalue weighted by Gasteiger charge is -2.44. The van der Waals surface area contributed by atoms with Crippen LogP contribution >= 0.6 is 0 Å². The van der Waals surface area contributed by atoms with Crippen molar-refractivity contribution >= 4 is 24.0 Å². The molecule has 1 fully saturated rings. The number of rotatable bonds is 4. The molecule has 10 nitrogen and oxygen atoms in total. The van der Waals surface area contributed by atoms with E-state index >= 15 is 0 Å². The van der Waals surface area contributed by atoms with Gasteiger partial charge in [0.25, 0.3) is 0 Å². The summed E-state index contributed by atoms with van der Waals surface area (Å²) in [5, 5.41) is 12.2. The molecule has 0 aliphatic carbocycles. The lowest BCUT2D eigenvalue weighted by molar-refractivity contribution is -0.206. The number of carbonyl (C=O) groups is 4. The molecular formula is C15H23NO9. The van der Waals surface area contributed by atoms with E-state index in [1.165, 1.54) is 0 Å². The van der Waals surface area contributed by atoms with Crippen LogP contribution in [-0.2, 0) is 33.3 Å². The number of amides is 1. The molecule has 0 spiro atoms. The van der Waals surface area contributed by atoms with E-state index in [1.807, 2.05) is 0 Å². The van der Waals surface area contributed by atoms with E-state index in [0.29, 0.717) is 0 Å². The quantitative estimate of drug-likeness (QED) is 0.509. The lowest BCUT2D eigenvalue weighted by Crippen LogP contribution is -2.71. The standard InChI is InChI=1S/C15H23NO9/c1-8(18)23-10-11(24-9(2)19)15(6-17,7-22-12(10)20)16-13(21)25-14(3,4)5/h10-11,17H,6-7H2,1-5H3,(H,16,21)/t10-,11-,15?/m0/s1. The van der Waals surface area contributed by atoms with Gasteiger partial charge in [0.15, 0.2) is 6.10 Å². The van der Waals surface area contributed by atoms with Crippen LogP contribution in [-0.4, -0.2) is 65.7 Å². The molecule has 0 bridgehead atoms. The van der Waals surface area contributed by atoms with Crippen molar-refractivity contribution < 1.29 is 43.2 Å². The number of hydrogen-bond donors (Lipinski definition) is 2. The van der Waals surface area contributed by atoms with Crippen LogP contribution in [0.5, 0.6) is 0 Å². The summed E-state index contributed by atoms with van der Waals surface area (Å²) < 4.78 is 19.9. The average molecular weight is 361 g/mol. The van der Waals surface area contributed by atoms with E-state index in [0.717, 1.165) is 13.8 Å². The van der Waals surface area contributed by atoms with Crippen LogP contribution in [0.1, 0.15) is 34.6 Å². The molecule has 142 valence electrons. The molecule has 1 heterocycles. The van der Waals surface area contributed by atoms with E-state index < -0.39 is 60.6 Å². The predicted molar refractivity (Wildman–Crippen MR) is 81.3 cm³/mol. The van der Waals surface area contributed by atoms with E-state index in [2.05, 4.69) is 5.32 Å². The summed E-state index contributed by atoms with van der Waals surface area (Å²) in [5.74, 6) is -2.60. The maximum Gasteiger partial charge on any atom is 0.408 e. The number of aliphatic hydroxyl groups excluding tert-OH is 1. The Morgan fingerprint density at radius 3 is 2.24 bits per heavy atom. The molecule has 0 aromatic carbocycles. The summed E-state index contributed by atoms with van der Waals surface area (Å²) in [5.41, 5.74) is -2.57. The summed E-state index contributed by atoms with van der Waals surface area (Å²) in [6, 6.07) is 0. The van der Waals surface area contributed by atoms with Crippen molar-refractivity contribution in [2.24, 2.45) is 0 Å². The molecule has 1 rings (SSSR count). The minimum Gasteiger partial charge on any atom is -0.460 e. The van der Waals surface area contributed by atoms with Gasteiger partial charge in [-0.25, -0.2) is 9.59 Å². The van der Waals surface area contributed by atoms with E-state index in [1.54, 1.807) is 20.8 Å². The SMILES string of the molecule is CC(=O)O[C@@H]1C(=O)OCC(CO)(NC(=O)OC(C)(C)C)[C@H]1OC(C)=O. The van der Waals surface area contributed by atoms with Gasteiger partial charge in [0, 0.05) is 13.8 Å². The fraction of sp³-hybridized carbons (Fsp3) is 0.733. The Bertz CT molecular complexity index is 554. The number of esters is 3. The second kappa shape index (κ2) is 7.68. The molecule has 3 atom stereocenters. The topological polar surface area (TPSA) is 137 Å². The molecule has 1 saturated heterocycles. The van der Waals surface area contributed by atoms with Crippen molar-refractivity contribution in [1.82, 2.24) is 5.32 Å². The predicted octanol–water partition coefficient (Wildman–Crippen LogP) is -0.338. The van der Waals surface area contributed by atoms with Gasteiger partial charge in [0.05, 0.1) is 6.61 Å². The van der Waals surface area contributed by atoms with Gasteiger partial charge in [-0.1, -0.05) is 0 Å². The third-order valence-corrected chi connectivity index (χ3v) is 3.14. The van der Waals surface area contributed by atoms with Gasteiger partial charge in [-0.15, -0.1) is 0 Å². The Morgan fingerprint density at radius 2 is 1.80 bits per heavy atom. The van der Waals surface area contributed by atoms with E-state index in [9.17, 15) is 24.3 Å². The third-order valence-electron chi connectivity index (χ3n) is 3.14. The first-order chi connectivity index (χ1) is 11.4. The van der Waals surface area contributed by atoms with Crippen LogP contribution in [0.15, 0.2) is 0 Å². The summed E-state index contributed by atoms with van der Waals surface area (Å²) in [4.78, 5) is 46.7. The highest BCUT2D eigenvalue weighted by molar-refractivity contribution is 5.82. The van der Waals surface area contributed by atoms with Gasteiger partial charge in [-0.05, 0) is 20.8 Å². The van der Waals surface area contributed by atoms with Crippen LogP contribution in [0, 0.1) is 0 Å². The molecule has 0 aromatic heterocycles. The number of aliphatic hydroxyl groups is 1. The van der Waals surface area contributed by atoms with Crippen LogP contribution in [0.25, 0.3) is 0 Å². The zero-order valence-corrected chi connectivity index (χ0v) is 14.8. The van der Waals surface area contributed by atoms with Crippen molar-refractivity contribution in [3.05, 3.63) is 0 Å². The van der Waals surface area contributed by atoms with Gasteiger partial charge >= 0.3 is 24.0 Å². The Hall–Kier alpha value is -2.36. The zero-order chi connectivity index (χ0) is 19.4. The fourth-order valence-electron chi connectivity index (χ4n) is 2.21. The molecule has 25 heavy (non-hydrogen) atoms. The highest BCUT2D eigenvalue weighted by Gasteiger charge is 2.56. The molecule has 0 saturated carbocycles. The summed E-state index contributed by atoms with van der Waals surface area (Å²) >= 11 is 0. The molecular weight excluding hydrogens is 338 g/mol. The smallest absolute Gasteiger partial charge is 0.408 e. The molecule has 0 radical (unpaired) electrons. The Balaban J connectivity index is 3.18. The molecule has 10 heteroatoms. The Morgan fingerprint density at radius 1 is 1.24 bits per heavy atom. The first-order valence-electron chi connectivity index (χ1n) is 7.53. The van der Waals surface area contributed by atoms with Crippen molar-refractivity contribution in [1.29, 1.82) is 0 Å². The van der Waals surface area contributed by atoms with Crippen LogP contribution in [0.2, 0.25) is 0 Å². The number of hydrogen-bond acceptors (Lipinski definition) is 9. The summed E-state index contributed by atoms with van der Waals surface area (Å²) in [6.07, 6.45) is -4.07. The number of nitrogens with one attached hydrogen (secondary N) is 1. The molecule has 1 aliphatic heterocycles. The molecule has 1 unspecified atom stereocenters. The van der Waals surface area contributed by atoms with Crippen molar-refractivity contribution in [3.63, 3.8) is 0 Å². The highest BCUT2D eigenvalue weighted by atomic mass is 16.6. The van der Waals surface area contributed by atoms with Crippen LogP contribution in [0.4, 0.5) is 4.79 Å².